The van der Waals surface area contributed by atoms with Crippen LogP contribution in [0.2, 0.25) is 0 Å². The highest BCUT2D eigenvalue weighted by atomic mass is 79.9. The van der Waals surface area contributed by atoms with Gasteiger partial charge < -0.3 is 15.4 Å². The van der Waals surface area contributed by atoms with Crippen LogP contribution in [0.1, 0.15) is 28.8 Å². The molecular formula is C19H19BrN2O3. The van der Waals surface area contributed by atoms with Gasteiger partial charge in [0, 0.05) is 22.9 Å². The molecule has 1 saturated carbocycles. The number of rotatable bonds is 5. The lowest BCUT2D eigenvalue weighted by atomic mass is 10.1. The van der Waals surface area contributed by atoms with E-state index in [-0.39, 0.29) is 17.7 Å². The van der Waals surface area contributed by atoms with Crippen LogP contribution in [-0.4, -0.2) is 18.9 Å². The fraction of sp³-hybridized carbons (Fsp3) is 0.263. The second-order valence-corrected chi connectivity index (χ2v) is 6.90. The molecule has 2 aromatic rings. The molecule has 0 radical (unpaired) electrons. The highest BCUT2D eigenvalue weighted by molar-refractivity contribution is 9.10. The Morgan fingerprint density at radius 3 is 2.40 bits per heavy atom. The van der Waals surface area contributed by atoms with Crippen LogP contribution in [0.4, 0.5) is 11.4 Å². The Morgan fingerprint density at radius 2 is 1.80 bits per heavy atom. The zero-order valence-corrected chi connectivity index (χ0v) is 15.6. The number of hydrogen-bond donors (Lipinski definition) is 2. The van der Waals surface area contributed by atoms with E-state index in [1.165, 1.54) is 0 Å². The maximum atomic E-state index is 12.5. The fourth-order valence-corrected chi connectivity index (χ4v) is 3.03. The minimum Gasteiger partial charge on any atom is -0.496 e. The number of halogens is 1. The SMILES string of the molecule is COc1ccc(C(=O)Nc2cccc(NC(=O)C3CC3)c2C)cc1Br. The van der Waals surface area contributed by atoms with Crippen molar-refractivity contribution in [3.63, 3.8) is 0 Å². The summed E-state index contributed by atoms with van der Waals surface area (Å²) >= 11 is 3.38. The summed E-state index contributed by atoms with van der Waals surface area (Å²) < 4.78 is 5.89. The fourth-order valence-electron chi connectivity index (χ4n) is 2.49. The van der Waals surface area contributed by atoms with Crippen molar-refractivity contribution in [2.45, 2.75) is 19.8 Å². The molecule has 0 atom stereocenters. The van der Waals surface area contributed by atoms with E-state index >= 15 is 0 Å². The van der Waals surface area contributed by atoms with E-state index in [4.69, 9.17) is 4.74 Å². The molecule has 0 bridgehead atoms. The molecule has 1 aliphatic rings. The molecule has 3 rings (SSSR count). The predicted molar refractivity (Wildman–Crippen MR) is 101 cm³/mol. The van der Waals surface area contributed by atoms with Crippen molar-refractivity contribution in [2.75, 3.05) is 17.7 Å². The standard InChI is InChI=1S/C19H19BrN2O3/c1-11-15(21-18(23)12-6-7-12)4-3-5-16(11)22-19(24)13-8-9-17(25-2)14(20)10-13/h3-5,8-10,12H,6-7H2,1-2H3,(H,21,23)(H,22,24). The third kappa shape index (κ3) is 4.02. The molecule has 0 aliphatic heterocycles. The molecule has 0 aromatic heterocycles. The monoisotopic (exact) mass is 402 g/mol. The summed E-state index contributed by atoms with van der Waals surface area (Å²) in [6.07, 6.45) is 1.90. The van der Waals surface area contributed by atoms with Gasteiger partial charge in [0.25, 0.3) is 5.91 Å². The lowest BCUT2D eigenvalue weighted by Crippen LogP contribution is -2.16. The van der Waals surface area contributed by atoms with Gasteiger partial charge in [-0.1, -0.05) is 6.07 Å². The summed E-state index contributed by atoms with van der Waals surface area (Å²) in [5.41, 5.74) is 2.74. The molecule has 1 aliphatic carbocycles. The number of hydrogen-bond acceptors (Lipinski definition) is 3. The third-order valence-electron chi connectivity index (χ3n) is 4.20. The number of amides is 2. The highest BCUT2D eigenvalue weighted by Gasteiger charge is 2.29. The van der Waals surface area contributed by atoms with Crippen molar-refractivity contribution >= 4 is 39.1 Å². The second-order valence-electron chi connectivity index (χ2n) is 6.05. The first-order valence-corrected chi connectivity index (χ1v) is 8.84. The lowest BCUT2D eigenvalue weighted by molar-refractivity contribution is -0.117. The van der Waals surface area contributed by atoms with Crippen LogP contribution in [-0.2, 0) is 4.79 Å². The first kappa shape index (κ1) is 17.5. The zero-order chi connectivity index (χ0) is 18.0. The Bertz CT molecular complexity index is 831. The van der Waals surface area contributed by atoms with Gasteiger partial charge in [-0.15, -0.1) is 0 Å². The molecule has 2 aromatic carbocycles. The van der Waals surface area contributed by atoms with Gasteiger partial charge in [0.2, 0.25) is 5.91 Å². The van der Waals surface area contributed by atoms with Gasteiger partial charge in [-0.05, 0) is 71.6 Å². The Morgan fingerprint density at radius 1 is 1.12 bits per heavy atom. The van der Waals surface area contributed by atoms with E-state index in [0.29, 0.717) is 21.5 Å². The van der Waals surface area contributed by atoms with Crippen molar-refractivity contribution in [1.29, 1.82) is 0 Å². The van der Waals surface area contributed by atoms with Crippen molar-refractivity contribution in [1.82, 2.24) is 0 Å². The molecule has 25 heavy (non-hydrogen) atoms. The lowest BCUT2D eigenvalue weighted by Gasteiger charge is -2.14. The number of nitrogens with one attached hydrogen (secondary N) is 2. The number of anilines is 2. The molecule has 1 fully saturated rings. The van der Waals surface area contributed by atoms with Crippen LogP contribution >= 0.6 is 15.9 Å². The summed E-state index contributed by atoms with van der Waals surface area (Å²) in [6.45, 7) is 1.88. The number of carbonyl (C=O) groups is 2. The summed E-state index contributed by atoms with van der Waals surface area (Å²) in [5.74, 6) is 0.620. The summed E-state index contributed by atoms with van der Waals surface area (Å²) in [5, 5.41) is 5.83. The average molecular weight is 403 g/mol. The molecule has 2 N–H and O–H groups in total. The molecule has 6 heteroatoms. The summed E-state index contributed by atoms with van der Waals surface area (Å²) in [7, 11) is 1.57. The van der Waals surface area contributed by atoms with E-state index in [1.54, 1.807) is 25.3 Å². The minimum atomic E-state index is -0.225. The maximum Gasteiger partial charge on any atom is 0.255 e. The van der Waals surface area contributed by atoms with Crippen LogP contribution in [0.3, 0.4) is 0 Å². The maximum absolute atomic E-state index is 12.5. The average Bonchev–Trinajstić information content (AvgIpc) is 3.43. The highest BCUT2D eigenvalue weighted by Crippen LogP contribution is 2.32. The molecule has 0 saturated heterocycles. The normalized spacial score (nSPS) is 13.2. The van der Waals surface area contributed by atoms with Gasteiger partial charge in [0.1, 0.15) is 5.75 Å². The number of ether oxygens (including phenoxy) is 1. The van der Waals surface area contributed by atoms with Crippen molar-refractivity contribution in [3.05, 3.63) is 52.0 Å². The van der Waals surface area contributed by atoms with Gasteiger partial charge in [-0.25, -0.2) is 0 Å². The van der Waals surface area contributed by atoms with Crippen LogP contribution < -0.4 is 15.4 Å². The predicted octanol–water partition coefficient (Wildman–Crippen LogP) is 4.37. The molecule has 5 nitrogen and oxygen atoms in total. The van der Waals surface area contributed by atoms with Gasteiger partial charge in [0.05, 0.1) is 11.6 Å². The van der Waals surface area contributed by atoms with Gasteiger partial charge in [-0.3, -0.25) is 9.59 Å². The van der Waals surface area contributed by atoms with Crippen LogP contribution in [0, 0.1) is 12.8 Å². The van der Waals surface area contributed by atoms with Gasteiger partial charge in [0.15, 0.2) is 0 Å². The van der Waals surface area contributed by atoms with Crippen molar-refractivity contribution in [2.24, 2.45) is 5.92 Å². The number of methoxy groups -OCH3 is 1. The Kier molecular flexibility index (Phi) is 5.08. The van der Waals surface area contributed by atoms with E-state index in [9.17, 15) is 9.59 Å². The smallest absolute Gasteiger partial charge is 0.255 e. The Balaban J connectivity index is 1.76. The number of benzene rings is 2. The molecule has 130 valence electrons. The molecular weight excluding hydrogens is 384 g/mol. The Labute approximate surface area is 154 Å². The Hall–Kier alpha value is -2.34. The van der Waals surface area contributed by atoms with Crippen LogP contribution in [0.15, 0.2) is 40.9 Å². The van der Waals surface area contributed by atoms with Crippen molar-refractivity contribution < 1.29 is 14.3 Å². The van der Waals surface area contributed by atoms with Gasteiger partial charge >= 0.3 is 0 Å². The second kappa shape index (κ2) is 7.27. The largest absolute Gasteiger partial charge is 0.496 e. The van der Waals surface area contributed by atoms with Crippen LogP contribution in [0.25, 0.3) is 0 Å². The first-order valence-electron chi connectivity index (χ1n) is 8.05. The topological polar surface area (TPSA) is 67.4 Å². The summed E-state index contributed by atoms with van der Waals surface area (Å²) in [4.78, 5) is 24.5. The molecule has 0 unspecified atom stereocenters. The molecule has 0 spiro atoms. The van der Waals surface area contributed by atoms with E-state index in [2.05, 4.69) is 26.6 Å². The third-order valence-corrected chi connectivity index (χ3v) is 4.82. The van der Waals surface area contributed by atoms with Crippen LogP contribution in [0.5, 0.6) is 5.75 Å². The summed E-state index contributed by atoms with van der Waals surface area (Å²) in [6, 6.07) is 10.6. The number of carbonyl (C=O) groups excluding carboxylic acids is 2. The molecule has 0 heterocycles. The van der Waals surface area contributed by atoms with E-state index in [0.717, 1.165) is 24.1 Å². The van der Waals surface area contributed by atoms with Gasteiger partial charge in [-0.2, -0.15) is 0 Å². The van der Waals surface area contributed by atoms with Crippen molar-refractivity contribution in [3.8, 4) is 5.75 Å². The zero-order valence-electron chi connectivity index (χ0n) is 14.1. The van der Waals surface area contributed by atoms with E-state index < -0.39 is 0 Å². The first-order chi connectivity index (χ1) is 12.0. The minimum absolute atomic E-state index is 0.0469. The van der Waals surface area contributed by atoms with E-state index in [1.807, 2.05) is 25.1 Å². The molecule has 2 amide bonds. The quantitative estimate of drug-likeness (QED) is 0.779.